The summed E-state index contributed by atoms with van der Waals surface area (Å²) >= 11 is 6.85. The molecule has 0 aromatic heterocycles. The number of carbonyl (C=O) groups excluding carboxylic acids is 2. The second-order valence-corrected chi connectivity index (χ2v) is 7.28. The van der Waals surface area contributed by atoms with Gasteiger partial charge in [0, 0.05) is 6.08 Å². The Morgan fingerprint density at radius 3 is 2.59 bits per heavy atom. The largest absolute Gasteiger partial charge is 0.497 e. The lowest BCUT2D eigenvalue weighted by atomic mass is 10.2. The first-order valence-electron chi connectivity index (χ1n) is 8.37. The minimum Gasteiger partial charge on any atom is -0.497 e. The summed E-state index contributed by atoms with van der Waals surface area (Å²) in [5.74, 6) is -0.899. The molecule has 0 bridgehead atoms. The highest BCUT2D eigenvalue weighted by molar-refractivity contribution is 8.18. The summed E-state index contributed by atoms with van der Waals surface area (Å²) in [7, 11) is 2.80. The average Bonchev–Trinajstić information content (AvgIpc) is 3.00. The van der Waals surface area contributed by atoms with Crippen LogP contribution in [0.1, 0.15) is 5.56 Å². The van der Waals surface area contributed by atoms with Crippen LogP contribution in [0.5, 0.6) is 5.75 Å². The summed E-state index contributed by atoms with van der Waals surface area (Å²) in [6, 6.07) is 11.2. The third-order valence-corrected chi connectivity index (χ3v) is 5.26. The quantitative estimate of drug-likeness (QED) is 0.518. The minimum absolute atomic E-state index is 0.0757. The Morgan fingerprint density at radius 1 is 1.24 bits per heavy atom. The van der Waals surface area contributed by atoms with Gasteiger partial charge in [0.25, 0.3) is 5.91 Å². The molecule has 9 heteroatoms. The maximum absolute atomic E-state index is 13.4. The zero-order chi connectivity index (χ0) is 21.0. The Balaban J connectivity index is 1.96. The van der Waals surface area contributed by atoms with Crippen molar-refractivity contribution in [3.63, 3.8) is 0 Å². The van der Waals surface area contributed by atoms with Gasteiger partial charge in [0.1, 0.15) is 11.6 Å². The molecule has 2 aromatic rings. The van der Waals surface area contributed by atoms with E-state index >= 15 is 0 Å². The Hall–Kier alpha value is -2.84. The standard InChI is InChI=1S/C20H16ClFN2O4S/c1-27-14-6-3-12(4-7-14)11-24-19(26)17(10-18(25)28-2)29-20(24)23-13-5-8-16(22)15(21)9-13/h3-10H,11H2,1-2H3/b17-10+,23-20?. The molecule has 0 N–H and O–H groups in total. The normalized spacial score (nSPS) is 16.6. The van der Waals surface area contributed by atoms with Gasteiger partial charge in [0.2, 0.25) is 0 Å². The third-order valence-electron chi connectivity index (χ3n) is 3.97. The first kappa shape index (κ1) is 20.9. The lowest BCUT2D eigenvalue weighted by Gasteiger charge is -2.16. The molecular formula is C20H16ClFN2O4S. The highest BCUT2D eigenvalue weighted by atomic mass is 35.5. The number of amidine groups is 1. The van der Waals surface area contributed by atoms with E-state index in [1.54, 1.807) is 19.2 Å². The van der Waals surface area contributed by atoms with Crippen LogP contribution >= 0.6 is 23.4 Å². The molecule has 0 aliphatic carbocycles. The number of nitrogens with zero attached hydrogens (tertiary/aromatic N) is 2. The van der Waals surface area contributed by atoms with E-state index in [1.807, 2.05) is 12.1 Å². The Morgan fingerprint density at radius 2 is 1.97 bits per heavy atom. The second kappa shape index (κ2) is 9.11. The molecule has 0 atom stereocenters. The highest BCUT2D eigenvalue weighted by Crippen LogP contribution is 2.34. The molecule has 1 saturated heterocycles. The van der Waals surface area contributed by atoms with Crippen molar-refractivity contribution in [2.75, 3.05) is 14.2 Å². The SMILES string of the molecule is COC(=O)/C=C1/SC(=Nc2ccc(F)c(Cl)c2)N(Cc2ccc(OC)cc2)C1=O. The lowest BCUT2D eigenvalue weighted by Crippen LogP contribution is -2.28. The van der Waals surface area contributed by atoms with E-state index in [4.69, 9.17) is 16.3 Å². The number of ether oxygens (including phenoxy) is 2. The molecule has 1 aliphatic heterocycles. The number of halogens is 2. The number of esters is 1. The third kappa shape index (κ3) is 4.96. The zero-order valence-electron chi connectivity index (χ0n) is 15.5. The van der Waals surface area contributed by atoms with Crippen molar-refractivity contribution >= 4 is 46.1 Å². The Kier molecular flexibility index (Phi) is 6.56. The molecule has 2 aromatic carbocycles. The van der Waals surface area contributed by atoms with E-state index in [1.165, 1.54) is 30.2 Å². The molecule has 1 aliphatic rings. The number of hydrogen-bond acceptors (Lipinski definition) is 6. The zero-order valence-corrected chi connectivity index (χ0v) is 17.1. The fraction of sp³-hybridized carbons (Fsp3) is 0.150. The van der Waals surface area contributed by atoms with Crippen molar-refractivity contribution < 1.29 is 23.5 Å². The van der Waals surface area contributed by atoms with Gasteiger partial charge in [0.05, 0.1) is 36.4 Å². The van der Waals surface area contributed by atoms with Crippen LogP contribution in [-0.2, 0) is 20.9 Å². The molecule has 29 heavy (non-hydrogen) atoms. The van der Waals surface area contributed by atoms with Crippen LogP contribution in [0.3, 0.4) is 0 Å². The molecule has 150 valence electrons. The summed E-state index contributed by atoms with van der Waals surface area (Å²) < 4.78 is 23.2. The van der Waals surface area contributed by atoms with Crippen LogP contribution < -0.4 is 4.74 Å². The van der Waals surface area contributed by atoms with Gasteiger partial charge >= 0.3 is 5.97 Å². The van der Waals surface area contributed by atoms with Crippen molar-refractivity contribution in [3.05, 3.63) is 69.8 Å². The number of hydrogen-bond donors (Lipinski definition) is 0. The minimum atomic E-state index is -0.642. The molecule has 0 unspecified atom stereocenters. The summed E-state index contributed by atoms with van der Waals surface area (Å²) in [5.41, 5.74) is 1.22. The van der Waals surface area contributed by atoms with Crippen molar-refractivity contribution in [1.82, 2.24) is 4.90 Å². The van der Waals surface area contributed by atoms with Gasteiger partial charge in [-0.15, -0.1) is 0 Å². The van der Waals surface area contributed by atoms with Crippen LogP contribution in [0, 0.1) is 5.82 Å². The molecular weight excluding hydrogens is 419 g/mol. The second-order valence-electron chi connectivity index (χ2n) is 5.87. The van der Waals surface area contributed by atoms with Crippen molar-refractivity contribution in [3.8, 4) is 5.75 Å². The van der Waals surface area contributed by atoms with E-state index in [2.05, 4.69) is 9.73 Å². The summed E-state index contributed by atoms with van der Waals surface area (Å²) in [6.45, 7) is 0.224. The van der Waals surface area contributed by atoms with Gasteiger partial charge in [-0.1, -0.05) is 23.7 Å². The van der Waals surface area contributed by atoms with Gasteiger partial charge in [-0.2, -0.15) is 0 Å². The van der Waals surface area contributed by atoms with Gasteiger partial charge in [0.15, 0.2) is 5.17 Å². The van der Waals surface area contributed by atoms with Gasteiger partial charge in [-0.05, 0) is 47.7 Å². The monoisotopic (exact) mass is 434 g/mol. The number of thioether (sulfide) groups is 1. The number of amides is 1. The summed E-state index contributed by atoms with van der Waals surface area (Å²) in [4.78, 5) is 30.5. The topological polar surface area (TPSA) is 68.2 Å². The number of benzene rings is 2. The van der Waals surface area contributed by atoms with Gasteiger partial charge in [-0.3, -0.25) is 9.69 Å². The number of rotatable bonds is 5. The first-order chi connectivity index (χ1) is 13.9. The van der Waals surface area contributed by atoms with Crippen molar-refractivity contribution in [2.45, 2.75) is 6.54 Å². The van der Waals surface area contributed by atoms with Crippen molar-refractivity contribution in [2.24, 2.45) is 4.99 Å². The number of methoxy groups -OCH3 is 2. The van der Waals surface area contributed by atoms with E-state index in [0.717, 1.165) is 23.4 Å². The maximum Gasteiger partial charge on any atom is 0.331 e. The van der Waals surface area contributed by atoms with Crippen LogP contribution in [0.25, 0.3) is 0 Å². The predicted molar refractivity (Wildman–Crippen MR) is 110 cm³/mol. The fourth-order valence-electron chi connectivity index (χ4n) is 2.48. The fourth-order valence-corrected chi connectivity index (χ4v) is 3.61. The van der Waals surface area contributed by atoms with Gasteiger partial charge < -0.3 is 9.47 Å². The van der Waals surface area contributed by atoms with Crippen LogP contribution in [0.4, 0.5) is 10.1 Å². The molecule has 0 saturated carbocycles. The Labute approximate surface area is 176 Å². The molecule has 0 radical (unpaired) electrons. The molecule has 1 amide bonds. The predicted octanol–water partition coefficient (Wildman–Crippen LogP) is 4.31. The summed E-state index contributed by atoms with van der Waals surface area (Å²) in [6.07, 6.45) is 1.12. The molecule has 1 fully saturated rings. The molecule has 1 heterocycles. The van der Waals surface area contributed by atoms with Crippen LogP contribution in [0.2, 0.25) is 5.02 Å². The van der Waals surface area contributed by atoms with E-state index in [9.17, 15) is 14.0 Å². The van der Waals surface area contributed by atoms with E-state index in [-0.39, 0.29) is 22.4 Å². The molecule has 0 spiro atoms. The van der Waals surface area contributed by atoms with Crippen molar-refractivity contribution in [1.29, 1.82) is 0 Å². The van der Waals surface area contributed by atoms with E-state index < -0.39 is 11.8 Å². The molecule has 3 rings (SSSR count). The number of carbonyl (C=O) groups is 2. The smallest absolute Gasteiger partial charge is 0.331 e. The van der Waals surface area contributed by atoms with Gasteiger partial charge in [-0.25, -0.2) is 14.2 Å². The highest BCUT2D eigenvalue weighted by Gasteiger charge is 2.34. The lowest BCUT2D eigenvalue weighted by molar-refractivity contribution is -0.135. The van der Waals surface area contributed by atoms with Crippen LogP contribution in [0.15, 0.2) is 58.4 Å². The average molecular weight is 435 g/mol. The number of aliphatic imine (C=N–C) groups is 1. The first-order valence-corrected chi connectivity index (χ1v) is 9.56. The molecule has 6 nitrogen and oxygen atoms in total. The summed E-state index contributed by atoms with van der Waals surface area (Å²) in [5, 5.41) is 0.261. The maximum atomic E-state index is 13.4. The Bertz CT molecular complexity index is 1010. The van der Waals surface area contributed by atoms with E-state index in [0.29, 0.717) is 16.6 Å². The van der Waals surface area contributed by atoms with Crippen LogP contribution in [-0.4, -0.2) is 36.2 Å².